The quantitative estimate of drug-likeness (QED) is 0.877. The van der Waals surface area contributed by atoms with Crippen LogP contribution in [0, 0.1) is 5.92 Å². The first-order valence-corrected chi connectivity index (χ1v) is 6.01. The van der Waals surface area contributed by atoms with Crippen molar-refractivity contribution in [3.63, 3.8) is 0 Å². The average molecular weight is 259 g/mol. The van der Waals surface area contributed by atoms with Gasteiger partial charge in [0, 0.05) is 6.04 Å². The Labute approximate surface area is 104 Å². The Morgan fingerprint density at radius 2 is 2.11 bits per heavy atom. The molecule has 2 unspecified atom stereocenters. The molecule has 0 aromatic carbocycles. The number of pyridine rings is 1. The van der Waals surface area contributed by atoms with E-state index in [-0.39, 0.29) is 11.9 Å². The molecule has 0 amide bonds. The molecule has 0 bridgehead atoms. The Balaban J connectivity index is 2.10. The number of alkyl halides is 3. The van der Waals surface area contributed by atoms with Crippen LogP contribution >= 0.6 is 0 Å². The number of nitrogens with zero attached hydrogens (tertiary/aromatic N) is 1. The maximum Gasteiger partial charge on any atom is 0.433 e. The van der Waals surface area contributed by atoms with Crippen molar-refractivity contribution in [2.24, 2.45) is 11.7 Å². The van der Waals surface area contributed by atoms with E-state index >= 15 is 0 Å². The van der Waals surface area contributed by atoms with Gasteiger partial charge >= 0.3 is 6.18 Å². The van der Waals surface area contributed by atoms with Gasteiger partial charge in [-0.25, -0.2) is 4.98 Å². The molecule has 1 aromatic heterocycles. The van der Waals surface area contributed by atoms with Crippen molar-refractivity contribution in [1.29, 1.82) is 0 Å². The van der Waals surface area contributed by atoms with Crippen LogP contribution in [0.1, 0.15) is 25.0 Å². The van der Waals surface area contributed by atoms with Crippen LogP contribution < -0.4 is 11.1 Å². The summed E-state index contributed by atoms with van der Waals surface area (Å²) in [4.78, 5) is 3.60. The van der Waals surface area contributed by atoms with Gasteiger partial charge in [0.25, 0.3) is 0 Å². The van der Waals surface area contributed by atoms with Gasteiger partial charge in [-0.1, -0.05) is 12.5 Å². The Morgan fingerprint density at radius 3 is 2.78 bits per heavy atom. The van der Waals surface area contributed by atoms with Gasteiger partial charge in [-0.2, -0.15) is 13.2 Å². The van der Waals surface area contributed by atoms with E-state index in [1.165, 1.54) is 6.07 Å². The molecule has 0 radical (unpaired) electrons. The molecule has 3 nitrogen and oxygen atoms in total. The first kappa shape index (κ1) is 13.1. The predicted octanol–water partition coefficient (Wildman–Crippen LogP) is 2.64. The SMILES string of the molecule is NCC1CCCC1Nc1cccc(C(F)(F)F)n1. The standard InChI is InChI=1S/C12H16F3N3/c13-12(14,15)10-5-2-6-11(18-10)17-9-4-1-3-8(9)7-16/h2,5-6,8-9H,1,3-4,7,16H2,(H,17,18). The zero-order chi connectivity index (χ0) is 13.2. The van der Waals surface area contributed by atoms with Crippen molar-refractivity contribution in [2.75, 3.05) is 11.9 Å². The Hall–Kier alpha value is -1.30. The highest BCUT2D eigenvalue weighted by Crippen LogP contribution is 2.30. The van der Waals surface area contributed by atoms with Crippen molar-refractivity contribution in [3.8, 4) is 0 Å². The number of halogens is 3. The number of hydrogen-bond donors (Lipinski definition) is 2. The van der Waals surface area contributed by atoms with E-state index in [4.69, 9.17) is 5.73 Å². The van der Waals surface area contributed by atoms with Gasteiger partial charge in [-0.05, 0) is 37.4 Å². The van der Waals surface area contributed by atoms with E-state index in [1.807, 2.05) is 0 Å². The smallest absolute Gasteiger partial charge is 0.367 e. The zero-order valence-electron chi connectivity index (χ0n) is 9.87. The molecule has 1 aliphatic rings. The summed E-state index contributed by atoms with van der Waals surface area (Å²) in [6.45, 7) is 0.552. The molecule has 2 rings (SSSR count). The van der Waals surface area contributed by atoms with Gasteiger partial charge in [-0.3, -0.25) is 0 Å². The molecule has 1 aliphatic carbocycles. The summed E-state index contributed by atoms with van der Waals surface area (Å²) in [5.41, 5.74) is 4.77. The molecule has 0 aliphatic heterocycles. The van der Waals surface area contributed by atoms with Crippen molar-refractivity contribution in [3.05, 3.63) is 23.9 Å². The molecule has 1 aromatic rings. The number of rotatable bonds is 3. The van der Waals surface area contributed by atoms with Crippen LogP contribution in [0.25, 0.3) is 0 Å². The van der Waals surface area contributed by atoms with Gasteiger partial charge in [0.1, 0.15) is 11.5 Å². The summed E-state index contributed by atoms with van der Waals surface area (Å²) in [6.07, 6.45) is -1.40. The molecule has 1 fully saturated rings. The molecule has 0 spiro atoms. The van der Waals surface area contributed by atoms with E-state index in [1.54, 1.807) is 6.07 Å². The molecule has 1 heterocycles. The second kappa shape index (κ2) is 5.14. The lowest BCUT2D eigenvalue weighted by Crippen LogP contribution is -2.30. The van der Waals surface area contributed by atoms with Crippen LogP contribution in [-0.4, -0.2) is 17.6 Å². The highest BCUT2D eigenvalue weighted by Gasteiger charge is 2.33. The van der Waals surface area contributed by atoms with Crippen LogP contribution in [-0.2, 0) is 6.18 Å². The minimum atomic E-state index is -4.40. The third-order valence-electron chi connectivity index (χ3n) is 3.33. The molecule has 3 N–H and O–H groups in total. The van der Waals surface area contributed by atoms with Crippen LogP contribution in [0.5, 0.6) is 0 Å². The summed E-state index contributed by atoms with van der Waals surface area (Å²) in [6, 6.07) is 4.03. The molecule has 6 heteroatoms. The number of hydrogen-bond acceptors (Lipinski definition) is 3. The van der Waals surface area contributed by atoms with Crippen LogP contribution in [0.2, 0.25) is 0 Å². The topological polar surface area (TPSA) is 50.9 Å². The monoisotopic (exact) mass is 259 g/mol. The fourth-order valence-corrected chi connectivity index (χ4v) is 2.37. The number of aromatic nitrogens is 1. The molecule has 100 valence electrons. The summed E-state index contributed by atoms with van der Waals surface area (Å²) in [7, 11) is 0. The third kappa shape index (κ3) is 2.93. The Bertz CT molecular complexity index is 406. The second-order valence-corrected chi connectivity index (χ2v) is 4.58. The van der Waals surface area contributed by atoms with Gasteiger partial charge in [0.05, 0.1) is 0 Å². The Kier molecular flexibility index (Phi) is 3.75. The highest BCUT2D eigenvalue weighted by molar-refractivity contribution is 5.37. The molecular formula is C12H16F3N3. The maximum atomic E-state index is 12.5. The van der Waals surface area contributed by atoms with Crippen molar-refractivity contribution >= 4 is 5.82 Å². The van der Waals surface area contributed by atoms with Gasteiger partial charge in [0.15, 0.2) is 0 Å². The normalized spacial score (nSPS) is 24.2. The maximum absolute atomic E-state index is 12.5. The molecular weight excluding hydrogens is 243 g/mol. The molecule has 0 saturated heterocycles. The molecule has 2 atom stereocenters. The lowest BCUT2D eigenvalue weighted by atomic mass is 10.0. The van der Waals surface area contributed by atoms with Crippen LogP contribution in [0.4, 0.5) is 19.0 Å². The summed E-state index contributed by atoms with van der Waals surface area (Å²) in [5.74, 6) is 0.594. The highest BCUT2D eigenvalue weighted by atomic mass is 19.4. The minimum Gasteiger partial charge on any atom is -0.367 e. The number of nitrogens with two attached hydrogens (primary N) is 1. The zero-order valence-corrected chi connectivity index (χ0v) is 9.87. The van der Waals surface area contributed by atoms with Crippen LogP contribution in [0.15, 0.2) is 18.2 Å². The average Bonchev–Trinajstić information content (AvgIpc) is 2.75. The summed E-state index contributed by atoms with van der Waals surface area (Å²) in [5, 5.41) is 3.06. The fraction of sp³-hybridized carbons (Fsp3) is 0.583. The number of anilines is 1. The first-order valence-electron chi connectivity index (χ1n) is 6.01. The van der Waals surface area contributed by atoms with E-state index in [2.05, 4.69) is 10.3 Å². The summed E-state index contributed by atoms with van der Waals surface area (Å²) < 4.78 is 37.5. The third-order valence-corrected chi connectivity index (χ3v) is 3.33. The summed E-state index contributed by atoms with van der Waals surface area (Å²) >= 11 is 0. The van der Waals surface area contributed by atoms with Gasteiger partial charge in [-0.15, -0.1) is 0 Å². The van der Waals surface area contributed by atoms with E-state index < -0.39 is 11.9 Å². The minimum absolute atomic E-state index is 0.131. The molecule has 18 heavy (non-hydrogen) atoms. The van der Waals surface area contributed by atoms with E-state index in [0.717, 1.165) is 25.3 Å². The molecule has 1 saturated carbocycles. The van der Waals surface area contributed by atoms with Crippen molar-refractivity contribution in [2.45, 2.75) is 31.5 Å². The van der Waals surface area contributed by atoms with Crippen molar-refractivity contribution < 1.29 is 13.2 Å². The number of nitrogens with one attached hydrogen (secondary N) is 1. The lowest BCUT2D eigenvalue weighted by Gasteiger charge is -2.20. The van der Waals surface area contributed by atoms with Crippen LogP contribution in [0.3, 0.4) is 0 Å². The first-order chi connectivity index (χ1) is 8.50. The largest absolute Gasteiger partial charge is 0.433 e. The lowest BCUT2D eigenvalue weighted by molar-refractivity contribution is -0.141. The fourth-order valence-electron chi connectivity index (χ4n) is 2.37. The second-order valence-electron chi connectivity index (χ2n) is 4.58. The Morgan fingerprint density at radius 1 is 1.33 bits per heavy atom. The van der Waals surface area contributed by atoms with Gasteiger partial charge < -0.3 is 11.1 Å². The van der Waals surface area contributed by atoms with Crippen molar-refractivity contribution in [1.82, 2.24) is 4.98 Å². The predicted molar refractivity (Wildman–Crippen MR) is 63.0 cm³/mol. The van der Waals surface area contributed by atoms with Gasteiger partial charge in [0.2, 0.25) is 0 Å². The van der Waals surface area contributed by atoms with E-state index in [9.17, 15) is 13.2 Å². The van der Waals surface area contributed by atoms with E-state index in [0.29, 0.717) is 12.5 Å².